The Morgan fingerprint density at radius 3 is 2.44 bits per heavy atom. The van der Waals surface area contributed by atoms with Gasteiger partial charge in [-0.15, -0.1) is 0 Å². The first-order valence-electron chi connectivity index (χ1n) is 9.45. The van der Waals surface area contributed by atoms with Gasteiger partial charge in [0.05, 0.1) is 18.8 Å². The normalized spacial score (nSPS) is 14.7. The molecule has 2 N–H and O–H groups in total. The molecule has 2 aromatic carbocycles. The maximum Gasteiger partial charge on any atom is 0.243 e. The van der Waals surface area contributed by atoms with Crippen molar-refractivity contribution in [3.63, 3.8) is 0 Å². The molecule has 1 amide bonds. The molecule has 0 aromatic heterocycles. The van der Waals surface area contributed by atoms with Crippen molar-refractivity contribution in [3.8, 4) is 5.75 Å². The molecule has 0 saturated carbocycles. The number of hydrogen-bond donors (Lipinski definition) is 2. The number of anilines is 3. The third kappa shape index (κ3) is 5.37. The summed E-state index contributed by atoms with van der Waals surface area (Å²) < 4.78 is 5.56. The number of nitrogens with zero attached hydrogens (tertiary/aromatic N) is 2. The zero-order valence-electron chi connectivity index (χ0n) is 16.1. The number of benzene rings is 2. The fraction of sp³-hybridized carbons (Fsp3) is 0.381. The molecule has 1 fully saturated rings. The minimum atomic E-state index is -0.0892. The van der Waals surface area contributed by atoms with E-state index in [9.17, 15) is 4.79 Å². The van der Waals surface area contributed by atoms with Gasteiger partial charge in [-0.25, -0.2) is 0 Å². The van der Waals surface area contributed by atoms with Gasteiger partial charge in [-0.1, -0.05) is 12.1 Å². The monoisotopic (exact) mass is 368 g/mol. The Morgan fingerprint density at radius 1 is 1.04 bits per heavy atom. The average Bonchev–Trinajstić information content (AvgIpc) is 2.69. The van der Waals surface area contributed by atoms with Gasteiger partial charge < -0.3 is 25.2 Å². The lowest BCUT2D eigenvalue weighted by molar-refractivity contribution is -0.114. The maximum absolute atomic E-state index is 12.2. The van der Waals surface area contributed by atoms with Crippen molar-refractivity contribution in [1.29, 1.82) is 0 Å². The van der Waals surface area contributed by atoms with Crippen LogP contribution in [-0.2, 0) is 4.79 Å². The average molecular weight is 368 g/mol. The van der Waals surface area contributed by atoms with Gasteiger partial charge in [-0.2, -0.15) is 0 Å². The standard InChI is InChI=1S/C21H28N4O2/c1-3-27-20-7-5-4-6-19(20)22-16-21(26)23-17-8-10-18(11-9-17)25-14-12-24(2)13-15-25/h4-11,22H,3,12-16H2,1-2H3,(H,23,26). The van der Waals surface area contributed by atoms with E-state index in [1.165, 1.54) is 5.69 Å². The molecule has 0 aliphatic carbocycles. The van der Waals surface area contributed by atoms with Crippen molar-refractivity contribution in [2.45, 2.75) is 6.92 Å². The highest BCUT2D eigenvalue weighted by Crippen LogP contribution is 2.23. The van der Waals surface area contributed by atoms with Crippen LogP contribution in [0.3, 0.4) is 0 Å². The highest BCUT2D eigenvalue weighted by molar-refractivity contribution is 5.94. The van der Waals surface area contributed by atoms with Crippen LogP contribution in [0.15, 0.2) is 48.5 Å². The summed E-state index contributed by atoms with van der Waals surface area (Å²) in [5.74, 6) is 0.665. The molecule has 27 heavy (non-hydrogen) atoms. The highest BCUT2D eigenvalue weighted by atomic mass is 16.5. The zero-order chi connectivity index (χ0) is 19.1. The molecule has 1 saturated heterocycles. The van der Waals surface area contributed by atoms with E-state index in [2.05, 4.69) is 39.6 Å². The third-order valence-electron chi connectivity index (χ3n) is 4.65. The summed E-state index contributed by atoms with van der Waals surface area (Å²) >= 11 is 0. The molecule has 0 spiro atoms. The molecule has 0 atom stereocenters. The number of piperazine rings is 1. The maximum atomic E-state index is 12.2. The van der Waals surface area contributed by atoms with Crippen LogP contribution in [0.4, 0.5) is 17.1 Å². The minimum Gasteiger partial charge on any atom is -0.492 e. The quantitative estimate of drug-likeness (QED) is 0.787. The van der Waals surface area contributed by atoms with E-state index >= 15 is 0 Å². The molecule has 144 valence electrons. The molecule has 6 nitrogen and oxygen atoms in total. The van der Waals surface area contributed by atoms with Gasteiger partial charge in [0.15, 0.2) is 0 Å². The van der Waals surface area contributed by atoms with Crippen LogP contribution in [0, 0.1) is 0 Å². The molecule has 1 aliphatic heterocycles. The van der Waals surface area contributed by atoms with E-state index in [1.807, 2.05) is 43.3 Å². The van der Waals surface area contributed by atoms with Crippen molar-refractivity contribution >= 4 is 23.0 Å². The first kappa shape index (κ1) is 19.0. The number of amides is 1. The van der Waals surface area contributed by atoms with E-state index in [0.29, 0.717) is 6.61 Å². The number of carbonyl (C=O) groups is 1. The minimum absolute atomic E-state index is 0.0892. The van der Waals surface area contributed by atoms with E-state index in [4.69, 9.17) is 4.74 Å². The number of rotatable bonds is 7. The molecule has 1 heterocycles. The molecule has 3 rings (SSSR count). The SMILES string of the molecule is CCOc1ccccc1NCC(=O)Nc1ccc(N2CCN(C)CC2)cc1. The number of nitrogens with one attached hydrogen (secondary N) is 2. The lowest BCUT2D eigenvalue weighted by Crippen LogP contribution is -2.44. The first-order chi connectivity index (χ1) is 13.2. The van der Waals surface area contributed by atoms with E-state index < -0.39 is 0 Å². The lowest BCUT2D eigenvalue weighted by atomic mass is 10.2. The van der Waals surface area contributed by atoms with Crippen molar-refractivity contribution in [2.24, 2.45) is 0 Å². The van der Waals surface area contributed by atoms with Crippen LogP contribution in [0.25, 0.3) is 0 Å². The summed E-state index contributed by atoms with van der Waals surface area (Å²) in [5, 5.41) is 6.07. The number of hydrogen-bond acceptors (Lipinski definition) is 5. The van der Waals surface area contributed by atoms with Crippen LogP contribution in [0.5, 0.6) is 5.75 Å². The number of para-hydroxylation sites is 2. The second kappa shape index (κ2) is 9.28. The molecular formula is C21H28N4O2. The van der Waals surface area contributed by atoms with Crippen molar-refractivity contribution in [1.82, 2.24) is 4.90 Å². The Labute approximate surface area is 161 Å². The van der Waals surface area contributed by atoms with Gasteiger partial charge in [0.25, 0.3) is 0 Å². The number of carbonyl (C=O) groups excluding carboxylic acids is 1. The van der Waals surface area contributed by atoms with Crippen LogP contribution in [0.1, 0.15) is 6.92 Å². The molecular weight excluding hydrogens is 340 g/mol. The highest BCUT2D eigenvalue weighted by Gasteiger charge is 2.14. The lowest BCUT2D eigenvalue weighted by Gasteiger charge is -2.34. The molecule has 0 bridgehead atoms. The van der Waals surface area contributed by atoms with E-state index in [1.54, 1.807) is 0 Å². The largest absolute Gasteiger partial charge is 0.492 e. The summed E-state index contributed by atoms with van der Waals surface area (Å²) in [4.78, 5) is 17.0. The Bertz CT molecular complexity index is 740. The van der Waals surface area contributed by atoms with Gasteiger partial charge in [0.1, 0.15) is 5.75 Å². The number of likely N-dealkylation sites (N-methyl/N-ethyl adjacent to an activating group) is 1. The summed E-state index contributed by atoms with van der Waals surface area (Å²) in [5.41, 5.74) is 2.82. The van der Waals surface area contributed by atoms with Gasteiger partial charge in [-0.3, -0.25) is 4.79 Å². The molecule has 2 aromatic rings. The second-order valence-corrected chi connectivity index (χ2v) is 6.67. The summed E-state index contributed by atoms with van der Waals surface area (Å²) in [6, 6.07) is 15.7. The smallest absolute Gasteiger partial charge is 0.243 e. The summed E-state index contributed by atoms with van der Waals surface area (Å²) in [6.07, 6.45) is 0. The van der Waals surface area contributed by atoms with Crippen LogP contribution >= 0.6 is 0 Å². The summed E-state index contributed by atoms with van der Waals surface area (Å²) in [6.45, 7) is 6.93. The third-order valence-corrected chi connectivity index (χ3v) is 4.65. The van der Waals surface area contributed by atoms with Gasteiger partial charge >= 0.3 is 0 Å². The van der Waals surface area contributed by atoms with Gasteiger partial charge in [0, 0.05) is 37.6 Å². The van der Waals surface area contributed by atoms with Crippen LogP contribution in [-0.4, -0.2) is 57.2 Å². The van der Waals surface area contributed by atoms with Crippen molar-refractivity contribution in [2.75, 3.05) is 61.9 Å². The fourth-order valence-electron chi connectivity index (χ4n) is 3.09. The van der Waals surface area contributed by atoms with Crippen molar-refractivity contribution in [3.05, 3.63) is 48.5 Å². The number of ether oxygens (including phenoxy) is 1. The second-order valence-electron chi connectivity index (χ2n) is 6.67. The molecule has 0 radical (unpaired) electrons. The Kier molecular flexibility index (Phi) is 6.54. The van der Waals surface area contributed by atoms with Crippen LogP contribution in [0.2, 0.25) is 0 Å². The zero-order valence-corrected chi connectivity index (χ0v) is 16.1. The van der Waals surface area contributed by atoms with Gasteiger partial charge in [0.2, 0.25) is 5.91 Å². The molecule has 6 heteroatoms. The summed E-state index contributed by atoms with van der Waals surface area (Å²) in [7, 11) is 2.15. The Hall–Kier alpha value is -2.73. The predicted molar refractivity (Wildman–Crippen MR) is 111 cm³/mol. The van der Waals surface area contributed by atoms with E-state index in [-0.39, 0.29) is 12.5 Å². The topological polar surface area (TPSA) is 56.8 Å². The van der Waals surface area contributed by atoms with Gasteiger partial charge in [-0.05, 0) is 50.4 Å². The molecule has 0 unspecified atom stereocenters. The fourth-order valence-corrected chi connectivity index (χ4v) is 3.09. The predicted octanol–water partition coefficient (Wildman–Crippen LogP) is 2.89. The first-order valence-corrected chi connectivity index (χ1v) is 9.45. The Balaban J connectivity index is 1.51. The van der Waals surface area contributed by atoms with E-state index in [0.717, 1.165) is 43.3 Å². The van der Waals surface area contributed by atoms with Crippen molar-refractivity contribution < 1.29 is 9.53 Å². The Morgan fingerprint density at radius 2 is 1.74 bits per heavy atom. The van der Waals surface area contributed by atoms with Crippen LogP contribution < -0.4 is 20.3 Å². The molecule has 1 aliphatic rings.